The molecule has 1 saturated carbocycles. The number of amides is 2. The molecule has 1 spiro atoms. The summed E-state index contributed by atoms with van der Waals surface area (Å²) in [6, 6.07) is 14.0. The number of likely N-dealkylation sites (tertiary alicyclic amines) is 1. The molecule has 356 valence electrons. The minimum Gasteiger partial charge on any atom is -0.497 e. The lowest BCUT2D eigenvalue weighted by Gasteiger charge is -2.40. The van der Waals surface area contributed by atoms with Crippen molar-refractivity contribution < 1.29 is 41.7 Å². The number of ether oxygens (including phenoxy) is 4. The fourth-order valence-electron chi connectivity index (χ4n) is 9.86. The summed E-state index contributed by atoms with van der Waals surface area (Å²) in [4.78, 5) is 41.8. The Bertz CT molecular complexity index is 2550. The number of nitrogens with zero attached hydrogens (tertiary/aromatic N) is 7. The summed E-state index contributed by atoms with van der Waals surface area (Å²) in [5.41, 5.74) is 1.78. The SMILES string of the molecule is COc1ccc(COc2c(F)cc(C(=O)NCC3CCC(n4cc5ccc(-c6cnc(N7CCN(C8COC9(CCN(C(=O)OC(C)(C)C)CC9)C8)CC7)cn6)cc5n4)CC3)c(F)c2F)cc1. The van der Waals surface area contributed by atoms with Gasteiger partial charge in [-0.25, -0.2) is 18.6 Å². The maximum Gasteiger partial charge on any atom is 0.410 e. The maximum absolute atomic E-state index is 15.0. The van der Waals surface area contributed by atoms with Crippen LogP contribution in [0.5, 0.6) is 11.5 Å². The first-order valence-electron chi connectivity index (χ1n) is 23.4. The van der Waals surface area contributed by atoms with E-state index in [-0.39, 0.29) is 36.8 Å². The summed E-state index contributed by atoms with van der Waals surface area (Å²) in [5.74, 6) is -4.36. The number of fused-ring (bicyclic) bond motifs is 1. The second-order valence-corrected chi connectivity index (χ2v) is 19.4. The number of carbonyl (C=O) groups is 2. The maximum atomic E-state index is 15.0. The lowest BCUT2D eigenvalue weighted by Crippen LogP contribution is -2.52. The molecule has 3 aromatic carbocycles. The third-order valence-corrected chi connectivity index (χ3v) is 13.8. The van der Waals surface area contributed by atoms with Crippen molar-refractivity contribution in [1.29, 1.82) is 0 Å². The van der Waals surface area contributed by atoms with Crippen LogP contribution in [0.2, 0.25) is 0 Å². The normalized spacial score (nSPS) is 21.1. The summed E-state index contributed by atoms with van der Waals surface area (Å²) >= 11 is 0. The van der Waals surface area contributed by atoms with Gasteiger partial charge >= 0.3 is 6.09 Å². The second kappa shape index (κ2) is 19.3. The number of nitrogens with one attached hydrogen (secondary N) is 1. The molecule has 67 heavy (non-hydrogen) atoms. The van der Waals surface area contributed by atoms with Gasteiger partial charge in [0.05, 0.1) is 54.5 Å². The molecule has 0 bridgehead atoms. The van der Waals surface area contributed by atoms with Crippen LogP contribution in [-0.2, 0) is 16.1 Å². The van der Waals surface area contributed by atoms with Gasteiger partial charge in [0.15, 0.2) is 17.4 Å². The Morgan fingerprint density at radius 2 is 1.63 bits per heavy atom. The van der Waals surface area contributed by atoms with E-state index >= 15 is 4.39 Å². The van der Waals surface area contributed by atoms with Crippen LogP contribution in [0.25, 0.3) is 22.2 Å². The minimum absolute atomic E-state index is 0.115. The Morgan fingerprint density at radius 1 is 0.881 bits per heavy atom. The number of halogens is 3. The number of benzene rings is 3. The number of rotatable bonds is 11. The Kier molecular flexibility index (Phi) is 13.3. The molecule has 1 atom stereocenters. The zero-order valence-electron chi connectivity index (χ0n) is 38.6. The quantitative estimate of drug-likeness (QED) is 0.128. The largest absolute Gasteiger partial charge is 0.497 e. The van der Waals surface area contributed by atoms with E-state index in [0.717, 1.165) is 99.1 Å². The second-order valence-electron chi connectivity index (χ2n) is 19.4. The molecule has 5 heterocycles. The predicted octanol–water partition coefficient (Wildman–Crippen LogP) is 8.34. The molecule has 1 unspecified atom stereocenters. The molecule has 5 aromatic rings. The fourth-order valence-corrected chi connectivity index (χ4v) is 9.86. The lowest BCUT2D eigenvalue weighted by molar-refractivity contribution is -0.0489. The summed E-state index contributed by atoms with van der Waals surface area (Å²) in [5, 5.41) is 8.64. The van der Waals surface area contributed by atoms with E-state index in [9.17, 15) is 18.4 Å². The number of anilines is 1. The van der Waals surface area contributed by atoms with Gasteiger partial charge in [0, 0.05) is 69.0 Å². The van der Waals surface area contributed by atoms with Crippen molar-refractivity contribution in [2.24, 2.45) is 5.92 Å². The third kappa shape index (κ3) is 10.5. The molecule has 14 nitrogen and oxygen atoms in total. The van der Waals surface area contributed by atoms with Crippen LogP contribution in [0, 0.1) is 23.4 Å². The highest BCUT2D eigenvalue weighted by atomic mass is 19.2. The van der Waals surface area contributed by atoms with Crippen LogP contribution >= 0.6 is 0 Å². The van der Waals surface area contributed by atoms with Crippen molar-refractivity contribution in [2.45, 2.75) is 95.6 Å². The Hall–Kier alpha value is -5.94. The molecule has 1 aliphatic carbocycles. The molecule has 1 N–H and O–H groups in total. The molecule has 2 aromatic heterocycles. The highest BCUT2D eigenvalue weighted by molar-refractivity contribution is 5.94. The summed E-state index contributed by atoms with van der Waals surface area (Å²) < 4.78 is 69.3. The van der Waals surface area contributed by atoms with Crippen LogP contribution in [0.3, 0.4) is 0 Å². The average Bonchev–Trinajstić information content (AvgIpc) is 3.96. The Labute approximate surface area is 388 Å². The van der Waals surface area contributed by atoms with Gasteiger partial charge in [-0.3, -0.25) is 19.4 Å². The monoisotopic (exact) mass is 924 g/mol. The molecule has 4 fully saturated rings. The molecule has 9 rings (SSSR count). The Balaban J connectivity index is 0.722. The van der Waals surface area contributed by atoms with Gasteiger partial charge in [-0.15, -0.1) is 0 Å². The van der Waals surface area contributed by atoms with E-state index in [1.165, 1.54) is 7.11 Å². The van der Waals surface area contributed by atoms with Crippen LogP contribution in [0.1, 0.15) is 87.7 Å². The standard InChI is InChI=1S/C50H59F3N8O6/c1-49(2,3)67-48(63)60-17-15-50(16-18-60)25-37(31-66-50)58-19-21-59(22-20-58)43-28-54-42(27-55-43)34-9-10-35-29-61(57-41(35)23-34)36-11-5-32(6-12-36)26-56-47(62)39-24-40(51)46(45(53)44(39)52)65-30-33-7-13-38(64-4)14-8-33/h7-10,13-14,23-24,27-29,32,36-37H,5-6,11-12,15-22,25-26,30-31H2,1-4H3,(H,56,62). The van der Waals surface area contributed by atoms with Crippen LogP contribution in [0.4, 0.5) is 23.8 Å². The molecule has 3 aliphatic heterocycles. The van der Waals surface area contributed by atoms with E-state index in [0.29, 0.717) is 43.1 Å². The number of hydrogen-bond donors (Lipinski definition) is 1. The first kappa shape index (κ1) is 46.2. The number of carbonyl (C=O) groups excluding carboxylic acids is 2. The van der Waals surface area contributed by atoms with E-state index in [4.69, 9.17) is 34.0 Å². The van der Waals surface area contributed by atoms with Crippen molar-refractivity contribution in [2.75, 3.05) is 64.4 Å². The Morgan fingerprint density at radius 3 is 2.31 bits per heavy atom. The van der Waals surface area contributed by atoms with Crippen LogP contribution in [-0.4, -0.2) is 118 Å². The summed E-state index contributed by atoms with van der Waals surface area (Å²) in [6.45, 7) is 11.3. The van der Waals surface area contributed by atoms with E-state index in [1.54, 1.807) is 24.3 Å². The van der Waals surface area contributed by atoms with Gasteiger partial charge in [-0.2, -0.15) is 9.49 Å². The van der Waals surface area contributed by atoms with Gasteiger partial charge in [-0.05, 0) is 101 Å². The van der Waals surface area contributed by atoms with Crippen molar-refractivity contribution in [1.82, 2.24) is 34.9 Å². The fraction of sp³-hybridized carbons (Fsp3) is 0.500. The van der Waals surface area contributed by atoms with Crippen molar-refractivity contribution >= 4 is 28.7 Å². The average molecular weight is 925 g/mol. The molecule has 2 amide bonds. The summed E-state index contributed by atoms with van der Waals surface area (Å²) in [7, 11) is 1.52. The zero-order chi connectivity index (χ0) is 46.9. The smallest absolute Gasteiger partial charge is 0.410 e. The number of piperidine rings is 1. The minimum atomic E-state index is -1.55. The van der Waals surface area contributed by atoms with Crippen molar-refractivity contribution in [3.05, 3.63) is 95.7 Å². The highest BCUT2D eigenvalue weighted by Crippen LogP contribution is 2.39. The first-order chi connectivity index (χ1) is 32.2. The molecule has 3 saturated heterocycles. The topological polar surface area (TPSA) is 136 Å². The number of hydrogen-bond acceptors (Lipinski definition) is 11. The van der Waals surface area contributed by atoms with Crippen molar-refractivity contribution in [3.8, 4) is 22.8 Å². The number of aromatic nitrogens is 4. The zero-order valence-corrected chi connectivity index (χ0v) is 38.6. The lowest BCUT2D eigenvalue weighted by atomic mass is 9.86. The van der Waals surface area contributed by atoms with Gasteiger partial charge in [-0.1, -0.05) is 24.3 Å². The molecule has 0 radical (unpaired) electrons. The molecule has 17 heteroatoms. The number of methoxy groups -OCH3 is 1. The van der Waals surface area contributed by atoms with E-state index in [1.807, 2.05) is 54.9 Å². The van der Waals surface area contributed by atoms with Gasteiger partial charge in [0.25, 0.3) is 5.91 Å². The number of piperazine rings is 1. The van der Waals surface area contributed by atoms with E-state index in [2.05, 4.69) is 27.4 Å². The molecular formula is C50H59F3N8O6. The first-order valence-corrected chi connectivity index (χ1v) is 23.4. The third-order valence-electron chi connectivity index (χ3n) is 13.8. The summed E-state index contributed by atoms with van der Waals surface area (Å²) in [6.07, 6.45) is 11.4. The van der Waals surface area contributed by atoms with Gasteiger partial charge < -0.3 is 34.1 Å². The van der Waals surface area contributed by atoms with Crippen LogP contribution < -0.4 is 19.7 Å². The van der Waals surface area contributed by atoms with Gasteiger partial charge in [0.2, 0.25) is 5.82 Å². The predicted molar refractivity (Wildman–Crippen MR) is 246 cm³/mol. The van der Waals surface area contributed by atoms with Crippen molar-refractivity contribution in [3.63, 3.8) is 0 Å². The van der Waals surface area contributed by atoms with Gasteiger partial charge in [0.1, 0.15) is 23.8 Å². The van der Waals surface area contributed by atoms with Crippen LogP contribution in [0.15, 0.2) is 67.1 Å². The molecule has 4 aliphatic rings. The van der Waals surface area contributed by atoms with E-state index < -0.39 is 40.3 Å². The molecular weight excluding hydrogens is 866 g/mol. The highest BCUT2D eigenvalue weighted by Gasteiger charge is 2.46.